The van der Waals surface area contributed by atoms with Crippen molar-refractivity contribution in [2.24, 2.45) is 0 Å². The van der Waals surface area contributed by atoms with Crippen molar-refractivity contribution in [3.05, 3.63) is 23.9 Å². The fourth-order valence-corrected chi connectivity index (χ4v) is 3.07. The van der Waals surface area contributed by atoms with Gasteiger partial charge in [0, 0.05) is 24.6 Å². The van der Waals surface area contributed by atoms with Crippen LogP contribution in [0.25, 0.3) is 0 Å². The van der Waals surface area contributed by atoms with Gasteiger partial charge in [-0.2, -0.15) is 0 Å². The van der Waals surface area contributed by atoms with Crippen molar-refractivity contribution in [3.63, 3.8) is 0 Å². The summed E-state index contributed by atoms with van der Waals surface area (Å²) in [6.07, 6.45) is 4.63. The molecule has 0 radical (unpaired) electrons. The normalized spacial score (nSPS) is 23.4. The van der Waals surface area contributed by atoms with Crippen molar-refractivity contribution >= 4 is 11.8 Å². The summed E-state index contributed by atoms with van der Waals surface area (Å²) >= 11 is 1.84. The number of nitrogens with one attached hydrogen (secondary N) is 1. The summed E-state index contributed by atoms with van der Waals surface area (Å²) in [5.41, 5.74) is 1.25. The van der Waals surface area contributed by atoms with E-state index in [1.807, 2.05) is 18.0 Å². The van der Waals surface area contributed by atoms with Gasteiger partial charge in [-0.15, -0.1) is 11.8 Å². The van der Waals surface area contributed by atoms with Crippen LogP contribution < -0.4 is 5.32 Å². The topological polar surface area (TPSA) is 34.1 Å². The molecule has 1 saturated heterocycles. The molecule has 0 spiro atoms. The van der Waals surface area contributed by atoms with Gasteiger partial charge in [0.1, 0.15) is 0 Å². The summed E-state index contributed by atoms with van der Waals surface area (Å²) < 4.78 is 5.57. The molecule has 2 rings (SSSR count). The molecule has 0 saturated carbocycles. The van der Waals surface area contributed by atoms with Gasteiger partial charge in [-0.1, -0.05) is 13.0 Å². The molecule has 2 unspecified atom stereocenters. The second kappa shape index (κ2) is 7.12. The Kier molecular flexibility index (Phi) is 5.47. The lowest BCUT2D eigenvalue weighted by Gasteiger charge is -2.12. The Morgan fingerprint density at radius 1 is 1.50 bits per heavy atom. The van der Waals surface area contributed by atoms with E-state index in [9.17, 15) is 0 Å². The molecule has 1 fully saturated rings. The van der Waals surface area contributed by atoms with E-state index in [2.05, 4.69) is 36.3 Å². The summed E-state index contributed by atoms with van der Waals surface area (Å²) in [5, 5.41) is 5.05. The molecule has 18 heavy (non-hydrogen) atoms. The van der Waals surface area contributed by atoms with Crippen LogP contribution in [0.3, 0.4) is 0 Å². The second-order valence-electron chi connectivity index (χ2n) is 4.70. The summed E-state index contributed by atoms with van der Waals surface area (Å²) in [6, 6.07) is 4.29. The van der Waals surface area contributed by atoms with Crippen LogP contribution in [0.4, 0.5) is 0 Å². The van der Waals surface area contributed by atoms with Crippen LogP contribution >= 0.6 is 11.8 Å². The van der Waals surface area contributed by atoms with Crippen LogP contribution in [-0.2, 0) is 11.3 Å². The first-order valence-electron chi connectivity index (χ1n) is 6.73. The Hall–Kier alpha value is -0.580. The fourth-order valence-electron chi connectivity index (χ4n) is 2.02. The SMILES string of the molecule is CCCNCc1ccc(SC2CCOC2C)nc1. The van der Waals surface area contributed by atoms with E-state index in [0.29, 0.717) is 11.4 Å². The highest BCUT2D eigenvalue weighted by atomic mass is 32.2. The first-order chi connectivity index (χ1) is 8.79. The van der Waals surface area contributed by atoms with Crippen LogP contribution in [-0.4, -0.2) is 29.5 Å². The minimum atomic E-state index is 0.350. The van der Waals surface area contributed by atoms with Gasteiger partial charge >= 0.3 is 0 Å². The van der Waals surface area contributed by atoms with Crippen LogP contribution in [0.15, 0.2) is 23.4 Å². The quantitative estimate of drug-likeness (QED) is 0.803. The van der Waals surface area contributed by atoms with Crippen molar-refractivity contribution < 1.29 is 4.74 Å². The lowest BCUT2D eigenvalue weighted by molar-refractivity contribution is 0.127. The molecule has 1 aromatic rings. The maximum absolute atomic E-state index is 5.57. The highest BCUT2D eigenvalue weighted by Gasteiger charge is 2.25. The van der Waals surface area contributed by atoms with Gasteiger partial charge in [0.2, 0.25) is 0 Å². The Labute approximate surface area is 114 Å². The average molecular weight is 266 g/mol. The van der Waals surface area contributed by atoms with Crippen molar-refractivity contribution in [2.75, 3.05) is 13.2 Å². The second-order valence-corrected chi connectivity index (χ2v) is 5.96. The predicted molar refractivity (Wildman–Crippen MR) is 75.9 cm³/mol. The van der Waals surface area contributed by atoms with Gasteiger partial charge in [-0.25, -0.2) is 4.98 Å². The van der Waals surface area contributed by atoms with E-state index < -0.39 is 0 Å². The van der Waals surface area contributed by atoms with Gasteiger partial charge in [0.05, 0.1) is 11.1 Å². The average Bonchev–Trinajstić information content (AvgIpc) is 2.78. The molecule has 1 aliphatic heterocycles. The third-order valence-electron chi connectivity index (χ3n) is 3.13. The number of pyridine rings is 1. The number of thioether (sulfide) groups is 1. The third kappa shape index (κ3) is 3.97. The molecule has 100 valence electrons. The molecular weight excluding hydrogens is 244 g/mol. The molecule has 2 atom stereocenters. The van der Waals surface area contributed by atoms with Crippen molar-refractivity contribution in [2.45, 2.75) is 49.6 Å². The smallest absolute Gasteiger partial charge is 0.0963 e. The molecule has 0 aromatic carbocycles. The maximum atomic E-state index is 5.57. The van der Waals surface area contributed by atoms with E-state index in [-0.39, 0.29) is 0 Å². The summed E-state index contributed by atoms with van der Waals surface area (Å²) in [5.74, 6) is 0. The maximum Gasteiger partial charge on any atom is 0.0963 e. The molecule has 1 aromatic heterocycles. The van der Waals surface area contributed by atoms with Crippen LogP contribution in [0.5, 0.6) is 0 Å². The van der Waals surface area contributed by atoms with E-state index >= 15 is 0 Å². The van der Waals surface area contributed by atoms with E-state index in [4.69, 9.17) is 4.74 Å². The molecule has 2 heterocycles. The van der Waals surface area contributed by atoms with Gasteiger partial charge < -0.3 is 10.1 Å². The summed E-state index contributed by atoms with van der Waals surface area (Å²) in [6.45, 7) is 7.18. The van der Waals surface area contributed by atoms with Gasteiger partial charge in [-0.3, -0.25) is 0 Å². The van der Waals surface area contributed by atoms with E-state index in [1.165, 1.54) is 12.0 Å². The van der Waals surface area contributed by atoms with Gasteiger partial charge in [-0.05, 0) is 37.9 Å². The Bertz CT molecular complexity index is 355. The van der Waals surface area contributed by atoms with Crippen molar-refractivity contribution in [1.29, 1.82) is 0 Å². The lowest BCUT2D eigenvalue weighted by atomic mass is 10.3. The van der Waals surface area contributed by atoms with Crippen molar-refractivity contribution in [3.8, 4) is 0 Å². The zero-order valence-corrected chi connectivity index (χ0v) is 12.0. The van der Waals surface area contributed by atoms with E-state index in [0.717, 1.165) is 31.1 Å². The molecule has 4 heteroatoms. The highest BCUT2D eigenvalue weighted by Crippen LogP contribution is 2.31. The van der Waals surface area contributed by atoms with Crippen molar-refractivity contribution in [1.82, 2.24) is 10.3 Å². The lowest BCUT2D eigenvalue weighted by Crippen LogP contribution is -2.14. The Balaban J connectivity index is 1.83. The Morgan fingerprint density at radius 3 is 3.00 bits per heavy atom. The molecule has 1 aliphatic rings. The number of hydrogen-bond donors (Lipinski definition) is 1. The molecule has 3 nitrogen and oxygen atoms in total. The molecule has 0 aliphatic carbocycles. The van der Waals surface area contributed by atoms with Crippen LogP contribution in [0.1, 0.15) is 32.3 Å². The summed E-state index contributed by atoms with van der Waals surface area (Å²) in [4.78, 5) is 4.52. The number of hydrogen-bond acceptors (Lipinski definition) is 4. The predicted octanol–water partition coefficient (Wildman–Crippen LogP) is 2.85. The largest absolute Gasteiger partial charge is 0.377 e. The van der Waals surface area contributed by atoms with Crippen LogP contribution in [0, 0.1) is 0 Å². The first kappa shape index (κ1) is 13.8. The number of rotatable bonds is 6. The highest BCUT2D eigenvalue weighted by molar-refractivity contribution is 7.99. The number of nitrogens with zero attached hydrogens (tertiary/aromatic N) is 1. The monoisotopic (exact) mass is 266 g/mol. The number of ether oxygens (including phenoxy) is 1. The van der Waals surface area contributed by atoms with Gasteiger partial charge in [0.15, 0.2) is 0 Å². The molecule has 0 bridgehead atoms. The van der Waals surface area contributed by atoms with Crippen LogP contribution in [0.2, 0.25) is 0 Å². The molecular formula is C14H22N2OS. The standard InChI is InChI=1S/C14H22N2OS/c1-3-7-15-9-12-4-5-14(16-10-12)18-13-6-8-17-11(13)2/h4-5,10-11,13,15H,3,6-9H2,1-2H3. The fraction of sp³-hybridized carbons (Fsp3) is 0.643. The Morgan fingerprint density at radius 2 is 2.39 bits per heavy atom. The molecule has 0 amide bonds. The number of aromatic nitrogens is 1. The van der Waals surface area contributed by atoms with Gasteiger partial charge in [0.25, 0.3) is 0 Å². The summed E-state index contributed by atoms with van der Waals surface area (Å²) in [7, 11) is 0. The molecule has 1 N–H and O–H groups in total. The third-order valence-corrected chi connectivity index (χ3v) is 4.54. The zero-order valence-electron chi connectivity index (χ0n) is 11.2. The minimum absolute atomic E-state index is 0.350. The first-order valence-corrected chi connectivity index (χ1v) is 7.61. The zero-order chi connectivity index (χ0) is 12.8. The minimum Gasteiger partial charge on any atom is -0.377 e. The van der Waals surface area contributed by atoms with E-state index in [1.54, 1.807) is 0 Å².